The van der Waals surface area contributed by atoms with Gasteiger partial charge >= 0.3 is 0 Å². The van der Waals surface area contributed by atoms with Gasteiger partial charge in [0.25, 0.3) is 5.56 Å². The first-order chi connectivity index (χ1) is 13.0. The summed E-state index contributed by atoms with van der Waals surface area (Å²) in [6, 6.07) is 7.00. The molecule has 0 fully saturated rings. The van der Waals surface area contributed by atoms with Gasteiger partial charge in [-0.15, -0.1) is 11.3 Å². The van der Waals surface area contributed by atoms with Gasteiger partial charge in [0, 0.05) is 10.6 Å². The second-order valence-electron chi connectivity index (χ2n) is 7.21. The van der Waals surface area contributed by atoms with Crippen LogP contribution in [0.5, 0.6) is 0 Å². The van der Waals surface area contributed by atoms with Crippen molar-refractivity contribution in [2.75, 3.05) is 5.32 Å². The summed E-state index contributed by atoms with van der Waals surface area (Å²) in [5.74, 6) is 0.373. The summed E-state index contributed by atoms with van der Waals surface area (Å²) in [6.07, 6.45) is 4.23. The van der Waals surface area contributed by atoms with E-state index in [4.69, 9.17) is 0 Å². The lowest BCUT2D eigenvalue weighted by atomic mass is 9.97. The summed E-state index contributed by atoms with van der Waals surface area (Å²) in [5, 5.41) is 3.66. The first-order valence-corrected chi connectivity index (χ1v) is 10.2. The second kappa shape index (κ2) is 6.93. The molecular weight excluding hydrogens is 358 g/mol. The third kappa shape index (κ3) is 3.08. The van der Waals surface area contributed by atoms with Crippen molar-refractivity contribution in [1.29, 1.82) is 0 Å². The third-order valence-electron chi connectivity index (χ3n) is 5.37. The lowest BCUT2D eigenvalue weighted by molar-refractivity contribution is -0.118. The fraction of sp³-hybridized carbons (Fsp3) is 0.381. The fourth-order valence-electron chi connectivity index (χ4n) is 3.84. The molecule has 1 unspecified atom stereocenters. The van der Waals surface area contributed by atoms with E-state index in [1.54, 1.807) is 25.2 Å². The average Bonchev–Trinajstić information content (AvgIpc) is 3.01. The van der Waals surface area contributed by atoms with Crippen molar-refractivity contribution < 1.29 is 4.79 Å². The van der Waals surface area contributed by atoms with Crippen LogP contribution in [0.3, 0.4) is 0 Å². The van der Waals surface area contributed by atoms with Gasteiger partial charge in [-0.2, -0.15) is 0 Å². The Balaban J connectivity index is 1.75. The summed E-state index contributed by atoms with van der Waals surface area (Å²) >= 11 is 1.64. The predicted molar refractivity (Wildman–Crippen MR) is 110 cm³/mol. The maximum atomic E-state index is 13.3. The lowest BCUT2D eigenvalue weighted by Crippen LogP contribution is -2.34. The first-order valence-electron chi connectivity index (χ1n) is 9.37. The largest absolute Gasteiger partial charge is 0.324 e. The Bertz CT molecular complexity index is 1100. The molecule has 5 nitrogen and oxygen atoms in total. The molecule has 1 amide bonds. The van der Waals surface area contributed by atoms with Crippen LogP contribution in [0.15, 0.2) is 29.1 Å². The van der Waals surface area contributed by atoms with E-state index in [2.05, 4.69) is 10.3 Å². The standard InChI is InChI=1S/C21H23N3O2S/c1-12-8-4-6-10-16(12)23-19(25)13(2)24-14(3)22-20-18(21(24)26)15-9-5-7-11-17(15)27-20/h4,6,8,10,13H,5,7,9,11H2,1-3H3,(H,23,25). The van der Waals surface area contributed by atoms with Crippen LogP contribution in [-0.4, -0.2) is 15.5 Å². The number of amides is 1. The molecule has 1 atom stereocenters. The number of fused-ring (bicyclic) bond motifs is 3. The van der Waals surface area contributed by atoms with E-state index in [1.807, 2.05) is 31.2 Å². The number of benzene rings is 1. The smallest absolute Gasteiger partial charge is 0.263 e. The summed E-state index contributed by atoms with van der Waals surface area (Å²) in [7, 11) is 0. The molecular formula is C21H23N3O2S. The van der Waals surface area contributed by atoms with Gasteiger partial charge in [-0.25, -0.2) is 4.98 Å². The van der Waals surface area contributed by atoms with E-state index in [9.17, 15) is 9.59 Å². The zero-order chi connectivity index (χ0) is 19.1. The number of aryl methyl sites for hydroxylation is 4. The molecule has 0 bridgehead atoms. The Hall–Kier alpha value is -2.47. The molecule has 27 heavy (non-hydrogen) atoms. The van der Waals surface area contributed by atoms with E-state index in [1.165, 1.54) is 15.9 Å². The Kier molecular flexibility index (Phi) is 4.60. The molecule has 2 aromatic heterocycles. The highest BCUT2D eigenvalue weighted by Crippen LogP contribution is 2.34. The minimum Gasteiger partial charge on any atom is -0.324 e. The number of thiophene rings is 1. The van der Waals surface area contributed by atoms with Crippen LogP contribution in [-0.2, 0) is 17.6 Å². The molecule has 3 aromatic rings. The predicted octanol–water partition coefficient (Wildman–Crippen LogP) is 4.15. The monoisotopic (exact) mass is 381 g/mol. The van der Waals surface area contributed by atoms with Gasteiger partial charge in [-0.05, 0) is 63.6 Å². The number of hydrogen-bond acceptors (Lipinski definition) is 4. The normalized spacial score (nSPS) is 14.8. The van der Waals surface area contributed by atoms with Crippen molar-refractivity contribution in [2.45, 2.75) is 52.5 Å². The van der Waals surface area contributed by atoms with Crippen LogP contribution >= 0.6 is 11.3 Å². The number of nitrogens with one attached hydrogen (secondary N) is 1. The number of carbonyl (C=O) groups is 1. The minimum atomic E-state index is -0.631. The minimum absolute atomic E-state index is 0.0932. The van der Waals surface area contributed by atoms with E-state index in [-0.39, 0.29) is 11.5 Å². The number of aromatic nitrogens is 2. The molecule has 1 aliphatic carbocycles. The SMILES string of the molecule is Cc1ccccc1NC(=O)C(C)n1c(C)nc2sc3c(c2c1=O)CCCC3. The average molecular weight is 382 g/mol. The molecule has 1 N–H and O–H groups in total. The Morgan fingerprint density at radius 2 is 1.96 bits per heavy atom. The third-order valence-corrected chi connectivity index (χ3v) is 6.55. The van der Waals surface area contributed by atoms with E-state index < -0.39 is 6.04 Å². The number of carbonyl (C=O) groups excluding carboxylic acids is 1. The van der Waals surface area contributed by atoms with Gasteiger partial charge in [0.15, 0.2) is 0 Å². The molecule has 0 radical (unpaired) electrons. The van der Waals surface area contributed by atoms with Crippen LogP contribution in [0, 0.1) is 13.8 Å². The van der Waals surface area contributed by atoms with Crippen molar-refractivity contribution in [3.63, 3.8) is 0 Å². The molecule has 140 valence electrons. The molecule has 0 aliphatic heterocycles. The van der Waals surface area contributed by atoms with Crippen molar-refractivity contribution >= 4 is 33.1 Å². The van der Waals surface area contributed by atoms with Gasteiger partial charge in [-0.3, -0.25) is 14.2 Å². The summed E-state index contributed by atoms with van der Waals surface area (Å²) in [5.41, 5.74) is 2.81. The number of rotatable bonds is 3. The van der Waals surface area contributed by atoms with E-state index >= 15 is 0 Å². The second-order valence-corrected chi connectivity index (χ2v) is 8.29. The topological polar surface area (TPSA) is 64.0 Å². The van der Waals surface area contributed by atoms with Crippen LogP contribution in [0.1, 0.15) is 47.6 Å². The molecule has 2 heterocycles. The number of anilines is 1. The van der Waals surface area contributed by atoms with Gasteiger partial charge in [0.1, 0.15) is 16.7 Å². The first kappa shape index (κ1) is 17.9. The van der Waals surface area contributed by atoms with Gasteiger partial charge < -0.3 is 5.32 Å². The Labute approximate surface area is 162 Å². The van der Waals surface area contributed by atoms with Crippen LogP contribution in [0.2, 0.25) is 0 Å². The molecule has 1 aromatic carbocycles. The number of para-hydroxylation sites is 1. The zero-order valence-corrected chi connectivity index (χ0v) is 16.7. The summed E-state index contributed by atoms with van der Waals surface area (Å²) in [4.78, 5) is 32.9. The fourth-order valence-corrected chi connectivity index (χ4v) is 5.14. The molecule has 4 rings (SSSR count). The maximum Gasteiger partial charge on any atom is 0.263 e. The summed E-state index contributed by atoms with van der Waals surface area (Å²) in [6.45, 7) is 5.51. The molecule has 6 heteroatoms. The van der Waals surface area contributed by atoms with E-state index in [0.717, 1.165) is 46.3 Å². The van der Waals surface area contributed by atoms with Crippen molar-refractivity contribution in [3.8, 4) is 0 Å². The highest BCUT2D eigenvalue weighted by molar-refractivity contribution is 7.18. The van der Waals surface area contributed by atoms with Crippen LogP contribution in [0.4, 0.5) is 5.69 Å². The molecule has 0 saturated heterocycles. The van der Waals surface area contributed by atoms with E-state index in [0.29, 0.717) is 5.82 Å². The molecule has 0 spiro atoms. The highest BCUT2D eigenvalue weighted by atomic mass is 32.1. The van der Waals surface area contributed by atoms with Crippen molar-refractivity contribution in [3.05, 3.63) is 56.4 Å². The van der Waals surface area contributed by atoms with Gasteiger partial charge in [0.2, 0.25) is 5.91 Å². The zero-order valence-electron chi connectivity index (χ0n) is 15.8. The Morgan fingerprint density at radius 1 is 1.22 bits per heavy atom. The van der Waals surface area contributed by atoms with Crippen molar-refractivity contribution in [1.82, 2.24) is 9.55 Å². The summed E-state index contributed by atoms with van der Waals surface area (Å²) < 4.78 is 1.54. The van der Waals surface area contributed by atoms with Crippen LogP contribution in [0.25, 0.3) is 10.2 Å². The van der Waals surface area contributed by atoms with Gasteiger partial charge in [0.05, 0.1) is 5.39 Å². The number of nitrogens with zero attached hydrogens (tertiary/aromatic N) is 2. The quantitative estimate of drug-likeness (QED) is 0.741. The lowest BCUT2D eigenvalue weighted by Gasteiger charge is -2.18. The Morgan fingerprint density at radius 3 is 2.74 bits per heavy atom. The van der Waals surface area contributed by atoms with Crippen molar-refractivity contribution in [2.24, 2.45) is 0 Å². The number of hydrogen-bond donors (Lipinski definition) is 1. The van der Waals surface area contributed by atoms with Crippen LogP contribution < -0.4 is 10.9 Å². The molecule has 0 saturated carbocycles. The highest BCUT2D eigenvalue weighted by Gasteiger charge is 2.25. The maximum absolute atomic E-state index is 13.3. The van der Waals surface area contributed by atoms with Gasteiger partial charge in [-0.1, -0.05) is 18.2 Å². The molecule has 1 aliphatic rings.